The summed E-state index contributed by atoms with van der Waals surface area (Å²) in [6.45, 7) is 5.82. The number of thioether (sulfide) groups is 1. The van der Waals surface area contributed by atoms with Crippen molar-refractivity contribution >= 4 is 51.6 Å². The highest BCUT2D eigenvalue weighted by molar-refractivity contribution is 8.32. The molecule has 1 aromatic rings. The molecule has 21 heavy (non-hydrogen) atoms. The lowest BCUT2D eigenvalue weighted by Crippen LogP contribution is -2.31. The van der Waals surface area contributed by atoms with Crippen LogP contribution in [0.3, 0.4) is 0 Å². The van der Waals surface area contributed by atoms with Gasteiger partial charge in [0.2, 0.25) is 0 Å². The minimum atomic E-state index is 0. The normalized spacial score (nSPS) is 10.8. The second-order valence-electron chi connectivity index (χ2n) is 4.32. The average Bonchev–Trinajstić information content (AvgIpc) is 2.42. The van der Waals surface area contributed by atoms with Crippen molar-refractivity contribution in [3.8, 4) is 5.75 Å². The van der Waals surface area contributed by atoms with E-state index in [1.807, 2.05) is 25.1 Å². The molecule has 1 N–H and O–H groups in total. The SMILES string of the molecule is CCN(CC)/C(=N/c1ccccc1O)SC(=S)N(C)C.Cl. The minimum absolute atomic E-state index is 0. The molecule has 0 saturated carbocycles. The van der Waals surface area contributed by atoms with Gasteiger partial charge in [-0.15, -0.1) is 12.4 Å². The van der Waals surface area contributed by atoms with Crippen LogP contribution in [0.5, 0.6) is 5.75 Å². The maximum Gasteiger partial charge on any atom is 0.171 e. The number of hydrogen-bond donors (Lipinski definition) is 1. The summed E-state index contributed by atoms with van der Waals surface area (Å²) in [6, 6.07) is 7.06. The predicted molar refractivity (Wildman–Crippen MR) is 99.2 cm³/mol. The molecule has 0 amide bonds. The van der Waals surface area contributed by atoms with Crippen LogP contribution in [-0.2, 0) is 0 Å². The molecule has 0 spiro atoms. The highest BCUT2D eigenvalue weighted by Gasteiger charge is 2.14. The van der Waals surface area contributed by atoms with Gasteiger partial charge in [-0.1, -0.05) is 24.4 Å². The molecule has 0 bridgehead atoms. The van der Waals surface area contributed by atoms with E-state index in [1.165, 1.54) is 11.8 Å². The fourth-order valence-corrected chi connectivity index (χ4v) is 2.58. The highest BCUT2D eigenvalue weighted by atomic mass is 35.5. The first-order valence-electron chi connectivity index (χ1n) is 6.50. The van der Waals surface area contributed by atoms with Crippen LogP contribution in [0.1, 0.15) is 13.8 Å². The van der Waals surface area contributed by atoms with Gasteiger partial charge in [0, 0.05) is 27.2 Å². The second kappa shape index (κ2) is 9.87. The number of phenols is 1. The first-order chi connectivity index (χ1) is 9.49. The fourth-order valence-electron chi connectivity index (χ4n) is 1.48. The summed E-state index contributed by atoms with van der Waals surface area (Å²) in [5, 5.41) is 10.7. The van der Waals surface area contributed by atoms with Crippen LogP contribution in [0.15, 0.2) is 29.3 Å². The van der Waals surface area contributed by atoms with Crippen molar-refractivity contribution in [2.45, 2.75) is 13.8 Å². The average molecular weight is 348 g/mol. The van der Waals surface area contributed by atoms with E-state index >= 15 is 0 Å². The Morgan fingerprint density at radius 2 is 1.81 bits per heavy atom. The van der Waals surface area contributed by atoms with E-state index in [0.717, 1.165) is 22.6 Å². The number of phenolic OH excluding ortho intramolecular Hbond substituents is 1. The molecule has 0 saturated heterocycles. The number of benzene rings is 1. The zero-order valence-electron chi connectivity index (χ0n) is 12.7. The van der Waals surface area contributed by atoms with Crippen LogP contribution in [0.2, 0.25) is 0 Å². The number of aliphatic imine (C=N–C) groups is 1. The summed E-state index contributed by atoms with van der Waals surface area (Å²) in [6.07, 6.45) is 0. The van der Waals surface area contributed by atoms with Gasteiger partial charge < -0.3 is 14.9 Å². The fraction of sp³-hybridized carbons (Fsp3) is 0.429. The Kier molecular flexibility index (Phi) is 9.41. The van der Waals surface area contributed by atoms with Gasteiger partial charge in [-0.05, 0) is 37.7 Å². The zero-order chi connectivity index (χ0) is 15.1. The van der Waals surface area contributed by atoms with Gasteiger partial charge in [-0.25, -0.2) is 4.99 Å². The third-order valence-corrected chi connectivity index (χ3v) is 4.36. The molecule has 0 radical (unpaired) electrons. The molecule has 0 aliphatic rings. The standard InChI is InChI=1S/C14H21N3OS2.ClH/c1-5-17(6-2)13(20-14(19)16(3)4)15-11-9-7-8-10-12(11)18;/h7-10,18H,5-6H2,1-4H3;1H/b15-13-;. The molecule has 0 aliphatic heterocycles. The zero-order valence-corrected chi connectivity index (χ0v) is 15.2. The lowest BCUT2D eigenvalue weighted by molar-refractivity contribution is 0.470. The lowest BCUT2D eigenvalue weighted by Gasteiger charge is -2.24. The van der Waals surface area contributed by atoms with Gasteiger partial charge in [0.15, 0.2) is 5.17 Å². The van der Waals surface area contributed by atoms with Crippen LogP contribution in [0.25, 0.3) is 0 Å². The van der Waals surface area contributed by atoms with Crippen molar-refractivity contribution in [1.29, 1.82) is 0 Å². The van der Waals surface area contributed by atoms with Gasteiger partial charge in [0.1, 0.15) is 15.8 Å². The Balaban J connectivity index is 0.00000400. The lowest BCUT2D eigenvalue weighted by atomic mass is 10.3. The molecular formula is C14H22ClN3OS2. The predicted octanol–water partition coefficient (Wildman–Crippen LogP) is 3.72. The maximum absolute atomic E-state index is 9.85. The van der Waals surface area contributed by atoms with Crippen molar-refractivity contribution < 1.29 is 5.11 Å². The number of thiocarbonyl (C=S) groups is 1. The van der Waals surface area contributed by atoms with Crippen molar-refractivity contribution in [2.75, 3.05) is 27.2 Å². The van der Waals surface area contributed by atoms with Crippen LogP contribution in [-0.4, -0.2) is 51.6 Å². The third kappa shape index (κ3) is 6.11. The molecule has 0 aliphatic carbocycles. The first kappa shape index (κ1) is 20.0. The Labute approximate surface area is 142 Å². The molecular weight excluding hydrogens is 326 g/mol. The summed E-state index contributed by atoms with van der Waals surface area (Å²) in [5.74, 6) is 0.175. The second-order valence-corrected chi connectivity index (χ2v) is 5.92. The number of aromatic hydroxyl groups is 1. The van der Waals surface area contributed by atoms with Gasteiger partial charge in [-0.3, -0.25) is 0 Å². The summed E-state index contributed by atoms with van der Waals surface area (Å²) < 4.78 is 0.742. The van der Waals surface area contributed by atoms with Crippen molar-refractivity contribution in [3.05, 3.63) is 24.3 Å². The first-order valence-corrected chi connectivity index (χ1v) is 7.72. The van der Waals surface area contributed by atoms with Crippen LogP contribution < -0.4 is 0 Å². The van der Waals surface area contributed by atoms with Crippen molar-refractivity contribution in [1.82, 2.24) is 9.80 Å². The number of nitrogens with zero attached hydrogens (tertiary/aromatic N) is 3. The summed E-state index contributed by atoms with van der Waals surface area (Å²) in [4.78, 5) is 8.56. The van der Waals surface area contributed by atoms with Crippen LogP contribution in [0, 0.1) is 0 Å². The van der Waals surface area contributed by atoms with E-state index in [-0.39, 0.29) is 18.2 Å². The molecule has 7 heteroatoms. The maximum atomic E-state index is 9.85. The Morgan fingerprint density at radius 1 is 1.24 bits per heavy atom. The van der Waals surface area contributed by atoms with E-state index < -0.39 is 0 Å². The van der Waals surface area contributed by atoms with E-state index in [0.29, 0.717) is 5.69 Å². The van der Waals surface area contributed by atoms with Crippen LogP contribution >= 0.6 is 36.4 Å². The largest absolute Gasteiger partial charge is 0.506 e. The summed E-state index contributed by atoms with van der Waals surface area (Å²) in [7, 11) is 3.82. The molecule has 0 fully saturated rings. The molecule has 118 valence electrons. The van der Waals surface area contributed by atoms with Gasteiger partial charge >= 0.3 is 0 Å². The number of para-hydroxylation sites is 2. The van der Waals surface area contributed by atoms with E-state index in [9.17, 15) is 5.11 Å². The molecule has 0 atom stereocenters. The quantitative estimate of drug-likeness (QED) is 0.512. The van der Waals surface area contributed by atoms with E-state index in [1.54, 1.807) is 18.2 Å². The minimum Gasteiger partial charge on any atom is -0.506 e. The molecule has 0 heterocycles. The Hall–Kier alpha value is -0.980. The third-order valence-electron chi connectivity index (χ3n) is 2.68. The van der Waals surface area contributed by atoms with Gasteiger partial charge in [-0.2, -0.15) is 0 Å². The highest BCUT2D eigenvalue weighted by Crippen LogP contribution is 2.27. The molecule has 0 aromatic heterocycles. The molecule has 4 nitrogen and oxygen atoms in total. The molecule has 1 aromatic carbocycles. The smallest absolute Gasteiger partial charge is 0.171 e. The number of halogens is 1. The van der Waals surface area contributed by atoms with Crippen LogP contribution in [0.4, 0.5) is 5.69 Å². The number of hydrogen-bond acceptors (Lipinski definition) is 4. The van der Waals surface area contributed by atoms with Crippen molar-refractivity contribution in [2.24, 2.45) is 4.99 Å². The monoisotopic (exact) mass is 347 g/mol. The summed E-state index contributed by atoms with van der Waals surface area (Å²) in [5.41, 5.74) is 0.559. The number of rotatable bonds is 3. The number of amidine groups is 1. The Bertz CT molecular complexity index is 491. The van der Waals surface area contributed by atoms with Gasteiger partial charge in [0.25, 0.3) is 0 Å². The van der Waals surface area contributed by atoms with Gasteiger partial charge in [0.05, 0.1) is 0 Å². The van der Waals surface area contributed by atoms with E-state index in [2.05, 4.69) is 23.7 Å². The van der Waals surface area contributed by atoms with E-state index in [4.69, 9.17) is 12.2 Å². The summed E-state index contributed by atoms with van der Waals surface area (Å²) >= 11 is 6.77. The Morgan fingerprint density at radius 3 is 2.29 bits per heavy atom. The van der Waals surface area contributed by atoms with Crippen molar-refractivity contribution in [3.63, 3.8) is 0 Å². The molecule has 1 rings (SSSR count). The topological polar surface area (TPSA) is 39.1 Å². The molecule has 0 unspecified atom stereocenters.